The molecule has 3 heterocycles. The number of β-amino-alcohol motifs (C(OH)–C–C–N with tert-alkyl or cyclic N) is 1. The number of aliphatic hydroxyl groups excluding tert-OH is 1. The number of aromatic nitrogens is 1. The van der Waals surface area contributed by atoms with E-state index in [2.05, 4.69) is 5.32 Å². The van der Waals surface area contributed by atoms with Crippen molar-refractivity contribution in [2.24, 2.45) is 0 Å². The highest BCUT2D eigenvalue weighted by Gasteiger charge is 2.31. The number of nitrogens with one attached hydrogen (secondary N) is 2. The largest absolute Gasteiger partial charge is 0.457 e. The second-order valence-electron chi connectivity index (χ2n) is 9.20. The summed E-state index contributed by atoms with van der Waals surface area (Å²) in [6.07, 6.45) is 3.02. The van der Waals surface area contributed by atoms with Gasteiger partial charge in [0.05, 0.1) is 11.7 Å². The number of anilines is 1. The summed E-state index contributed by atoms with van der Waals surface area (Å²) in [5.74, 6) is 2.26. The zero-order chi connectivity index (χ0) is 26.2. The zero-order valence-electron chi connectivity index (χ0n) is 20.3. The Hall–Kier alpha value is -5.13. The highest BCUT2D eigenvalue weighted by atomic mass is 16.5. The maximum Gasteiger partial charge on any atom is 0.264 e. The molecular formula is C30H23N5O3. The van der Waals surface area contributed by atoms with Gasteiger partial charge in [0.25, 0.3) is 5.91 Å². The second kappa shape index (κ2) is 9.39. The molecule has 1 saturated heterocycles. The normalized spacial score (nSPS) is 14.6. The number of likely N-dealkylation sites (tertiary alicyclic amines) is 1. The van der Waals surface area contributed by atoms with E-state index < -0.39 is 6.10 Å². The van der Waals surface area contributed by atoms with Crippen molar-refractivity contribution in [2.75, 3.05) is 18.4 Å². The van der Waals surface area contributed by atoms with Gasteiger partial charge in [-0.15, -0.1) is 0 Å². The molecule has 0 aliphatic carbocycles. The number of amidine groups is 1. The second-order valence-corrected chi connectivity index (χ2v) is 9.20. The minimum Gasteiger partial charge on any atom is -0.457 e. The predicted molar refractivity (Wildman–Crippen MR) is 144 cm³/mol. The summed E-state index contributed by atoms with van der Waals surface area (Å²) in [4.78, 5) is 14.0. The van der Waals surface area contributed by atoms with Crippen molar-refractivity contribution in [1.82, 2.24) is 9.47 Å². The van der Waals surface area contributed by atoms with E-state index in [0.29, 0.717) is 11.4 Å². The van der Waals surface area contributed by atoms with Crippen LogP contribution in [0.5, 0.6) is 11.5 Å². The van der Waals surface area contributed by atoms with Gasteiger partial charge in [0.1, 0.15) is 34.8 Å². The lowest BCUT2D eigenvalue weighted by atomic mass is 10.0. The first-order valence-electron chi connectivity index (χ1n) is 12.1. The molecule has 1 fully saturated rings. The molecule has 1 amide bonds. The highest BCUT2D eigenvalue weighted by molar-refractivity contribution is 6.23. The van der Waals surface area contributed by atoms with E-state index in [1.807, 2.05) is 95.7 Å². The molecule has 38 heavy (non-hydrogen) atoms. The number of carbonyl (C=O) groups is 1. The predicted octanol–water partition coefficient (Wildman–Crippen LogP) is 4.80. The molecule has 3 N–H and O–H groups in total. The molecule has 0 spiro atoms. The van der Waals surface area contributed by atoms with Crippen LogP contribution in [0.1, 0.15) is 11.1 Å². The van der Waals surface area contributed by atoms with Crippen LogP contribution < -0.4 is 10.1 Å². The van der Waals surface area contributed by atoms with Crippen molar-refractivity contribution >= 4 is 23.6 Å². The molecule has 6 rings (SSSR count). The molecule has 0 atom stereocenters. The van der Waals surface area contributed by atoms with Crippen molar-refractivity contribution in [2.45, 2.75) is 6.10 Å². The Morgan fingerprint density at radius 1 is 1.05 bits per heavy atom. The molecule has 4 aromatic rings. The lowest BCUT2D eigenvalue weighted by molar-refractivity contribution is -0.136. The molecule has 3 aromatic carbocycles. The van der Waals surface area contributed by atoms with Crippen LogP contribution in [0.3, 0.4) is 0 Å². The first-order valence-corrected chi connectivity index (χ1v) is 12.1. The molecule has 2 aliphatic rings. The maximum atomic E-state index is 12.6. The number of aliphatic hydroxyl groups is 1. The Kier molecular flexibility index (Phi) is 5.75. The Balaban J connectivity index is 1.29. The third-order valence-corrected chi connectivity index (χ3v) is 6.60. The summed E-state index contributed by atoms with van der Waals surface area (Å²) in [5, 5.41) is 30.4. The molecule has 2 aliphatic heterocycles. The summed E-state index contributed by atoms with van der Waals surface area (Å²) < 4.78 is 7.87. The van der Waals surface area contributed by atoms with E-state index in [-0.39, 0.29) is 24.6 Å². The van der Waals surface area contributed by atoms with Crippen LogP contribution in [0, 0.1) is 16.7 Å². The standard InChI is InChI=1S/C30H23N5O3/c31-15-21(30(37)34-16-23(36)17-34)13-19-5-4-6-22(14-19)35-18-26(27-28(32)33-29(27)35)20-9-11-25(12-10-20)38-24-7-2-1-3-8-24/h1-14,18,23,36H,16-17H2,(H2,32,33)/b21-13+. The monoisotopic (exact) mass is 501 g/mol. The van der Waals surface area contributed by atoms with E-state index in [9.17, 15) is 15.2 Å². The van der Waals surface area contributed by atoms with Crippen molar-refractivity contribution in [3.05, 3.63) is 102 Å². The van der Waals surface area contributed by atoms with Gasteiger partial charge in [-0.25, -0.2) is 0 Å². The third kappa shape index (κ3) is 4.21. The number of amides is 1. The number of nitriles is 1. The van der Waals surface area contributed by atoms with Gasteiger partial charge >= 0.3 is 0 Å². The number of hydrogen-bond acceptors (Lipinski definition) is 5. The van der Waals surface area contributed by atoms with Crippen LogP contribution in [0.15, 0.2) is 90.6 Å². The number of para-hydroxylation sites is 1. The van der Waals surface area contributed by atoms with Crippen molar-refractivity contribution in [3.63, 3.8) is 0 Å². The fourth-order valence-electron chi connectivity index (χ4n) is 4.61. The van der Waals surface area contributed by atoms with Gasteiger partial charge in [0.15, 0.2) is 0 Å². The highest BCUT2D eigenvalue weighted by Crippen LogP contribution is 2.40. The van der Waals surface area contributed by atoms with E-state index >= 15 is 0 Å². The number of ether oxygens (including phenoxy) is 1. The summed E-state index contributed by atoms with van der Waals surface area (Å²) in [6, 6.07) is 26.8. The molecule has 0 radical (unpaired) electrons. The Bertz CT molecular complexity index is 1620. The number of nitrogens with zero attached hydrogens (tertiary/aromatic N) is 3. The third-order valence-electron chi connectivity index (χ3n) is 6.60. The number of benzene rings is 3. The zero-order valence-corrected chi connectivity index (χ0v) is 20.3. The molecule has 0 saturated carbocycles. The number of fused-ring (bicyclic) bond motifs is 1. The van der Waals surface area contributed by atoms with Gasteiger partial charge in [-0.2, -0.15) is 5.26 Å². The number of carbonyl (C=O) groups excluding carboxylic acids is 1. The summed E-state index contributed by atoms with van der Waals surface area (Å²) >= 11 is 0. The van der Waals surface area contributed by atoms with Gasteiger partial charge in [0.2, 0.25) is 0 Å². The Morgan fingerprint density at radius 3 is 2.47 bits per heavy atom. The van der Waals surface area contributed by atoms with E-state index in [1.165, 1.54) is 4.90 Å². The molecular weight excluding hydrogens is 478 g/mol. The van der Waals surface area contributed by atoms with Crippen LogP contribution in [0.25, 0.3) is 22.9 Å². The van der Waals surface area contributed by atoms with Crippen LogP contribution >= 0.6 is 0 Å². The van der Waals surface area contributed by atoms with Gasteiger partial charge in [0, 0.05) is 30.5 Å². The van der Waals surface area contributed by atoms with Crippen LogP contribution in [0.4, 0.5) is 5.82 Å². The fraction of sp³-hybridized carbons (Fsp3) is 0.100. The first kappa shape index (κ1) is 23.3. The van der Waals surface area contributed by atoms with E-state index in [0.717, 1.165) is 39.7 Å². The SMILES string of the molecule is N#C/C(=C\c1cccc(-n2cc(-c3ccc(Oc4ccccc4)cc3)c3c2NC3=N)c1)C(=O)N1CC(O)C1. The molecule has 0 unspecified atom stereocenters. The molecule has 1 aromatic heterocycles. The quantitative estimate of drug-likeness (QED) is 0.259. The lowest BCUT2D eigenvalue weighted by Gasteiger charge is -2.35. The minimum absolute atomic E-state index is 0.0213. The molecule has 0 bridgehead atoms. The molecule has 8 heteroatoms. The lowest BCUT2D eigenvalue weighted by Crippen LogP contribution is -2.53. The van der Waals surface area contributed by atoms with Gasteiger partial charge < -0.3 is 24.6 Å². The van der Waals surface area contributed by atoms with E-state index in [4.69, 9.17) is 10.1 Å². The number of hydrogen-bond donors (Lipinski definition) is 3. The minimum atomic E-state index is -0.526. The van der Waals surface area contributed by atoms with Crippen molar-refractivity contribution < 1.29 is 14.6 Å². The van der Waals surface area contributed by atoms with Gasteiger partial charge in [-0.05, 0) is 53.6 Å². The van der Waals surface area contributed by atoms with Crippen LogP contribution in [-0.2, 0) is 4.79 Å². The summed E-state index contributed by atoms with van der Waals surface area (Å²) in [5.41, 5.74) is 4.25. The average molecular weight is 502 g/mol. The van der Waals surface area contributed by atoms with E-state index in [1.54, 1.807) is 6.08 Å². The average Bonchev–Trinajstić information content (AvgIpc) is 3.23. The van der Waals surface area contributed by atoms with Crippen LogP contribution in [0.2, 0.25) is 0 Å². The van der Waals surface area contributed by atoms with Gasteiger partial charge in [-0.1, -0.05) is 42.5 Å². The maximum absolute atomic E-state index is 12.6. The topological polar surface area (TPSA) is 114 Å². The Morgan fingerprint density at radius 2 is 1.79 bits per heavy atom. The summed E-state index contributed by atoms with van der Waals surface area (Å²) in [7, 11) is 0. The van der Waals surface area contributed by atoms with Crippen molar-refractivity contribution in [1.29, 1.82) is 10.7 Å². The van der Waals surface area contributed by atoms with Crippen LogP contribution in [-0.4, -0.2) is 45.5 Å². The summed E-state index contributed by atoms with van der Waals surface area (Å²) in [6.45, 7) is 0.486. The number of rotatable bonds is 6. The van der Waals surface area contributed by atoms with Gasteiger partial charge in [-0.3, -0.25) is 10.2 Å². The fourth-order valence-corrected chi connectivity index (χ4v) is 4.61. The Labute approximate surface area is 219 Å². The van der Waals surface area contributed by atoms with Crippen molar-refractivity contribution in [3.8, 4) is 34.4 Å². The molecule has 186 valence electrons. The first-order chi connectivity index (χ1) is 18.5. The smallest absolute Gasteiger partial charge is 0.264 e. The molecule has 8 nitrogen and oxygen atoms in total.